The predicted octanol–water partition coefficient (Wildman–Crippen LogP) is 3.92. The van der Waals surface area contributed by atoms with Gasteiger partial charge in [0.15, 0.2) is 9.84 Å². The highest BCUT2D eigenvalue weighted by atomic mass is 79.9. The van der Waals surface area contributed by atoms with Crippen LogP contribution < -0.4 is 5.32 Å². The molecule has 0 saturated heterocycles. The normalized spacial score (nSPS) is 17.7. The Hall–Kier alpha value is -1.61. The number of alkyl halides is 3. The third kappa shape index (κ3) is 4.97. The molecule has 26 heavy (non-hydrogen) atoms. The van der Waals surface area contributed by atoms with Gasteiger partial charge in [0.05, 0.1) is 16.6 Å². The summed E-state index contributed by atoms with van der Waals surface area (Å²) in [5, 5.41) is 2.51. The van der Waals surface area contributed by atoms with Gasteiger partial charge in [-0.25, -0.2) is 8.42 Å². The molecule has 0 fully saturated rings. The Balaban J connectivity index is 2.15. The van der Waals surface area contributed by atoms with Gasteiger partial charge in [0, 0.05) is 16.6 Å². The Bertz CT molecular complexity index is 860. The van der Waals surface area contributed by atoms with Crippen molar-refractivity contribution in [3.05, 3.63) is 52.0 Å². The summed E-state index contributed by atoms with van der Waals surface area (Å²) < 4.78 is 63.4. The van der Waals surface area contributed by atoms with Crippen molar-refractivity contribution in [1.82, 2.24) is 5.32 Å². The second kappa shape index (κ2) is 7.96. The van der Waals surface area contributed by atoms with Crippen molar-refractivity contribution in [2.45, 2.75) is 31.0 Å². The van der Waals surface area contributed by atoms with Crippen molar-refractivity contribution in [2.75, 3.05) is 5.75 Å². The maximum atomic E-state index is 12.8. The molecule has 9 heteroatoms. The Morgan fingerprint density at radius 3 is 2.65 bits per heavy atom. The van der Waals surface area contributed by atoms with E-state index in [1.807, 2.05) is 0 Å². The lowest BCUT2D eigenvalue weighted by atomic mass is 9.93. The second-order valence-corrected chi connectivity index (χ2v) is 8.93. The van der Waals surface area contributed by atoms with Gasteiger partial charge in [-0.15, -0.1) is 0 Å². The number of nitrogens with one attached hydrogen (secondary N) is 1. The lowest BCUT2D eigenvalue weighted by Crippen LogP contribution is -2.30. The van der Waals surface area contributed by atoms with Crippen LogP contribution in [0.2, 0.25) is 0 Å². The lowest BCUT2D eigenvalue weighted by molar-refractivity contribution is -0.161. The number of sulfone groups is 1. The van der Waals surface area contributed by atoms with E-state index in [0.29, 0.717) is 10.0 Å². The molecule has 0 radical (unpaired) electrons. The van der Waals surface area contributed by atoms with Crippen LogP contribution in [-0.2, 0) is 21.2 Å². The van der Waals surface area contributed by atoms with E-state index in [-0.39, 0.29) is 22.8 Å². The highest BCUT2D eigenvalue weighted by Gasteiger charge is 2.39. The zero-order chi connectivity index (χ0) is 19.5. The molecule has 1 N–H and O–H groups in total. The third-order valence-electron chi connectivity index (χ3n) is 3.97. The molecule has 4 nitrogen and oxygen atoms in total. The molecule has 1 aliphatic carbocycles. The van der Waals surface area contributed by atoms with Crippen LogP contribution in [-0.4, -0.2) is 26.3 Å². The number of carbonyl (C=O) groups is 1. The van der Waals surface area contributed by atoms with Gasteiger partial charge in [0.1, 0.15) is 0 Å². The van der Waals surface area contributed by atoms with E-state index in [2.05, 4.69) is 21.2 Å². The number of allylic oxidation sites excluding steroid dienone is 3. The average Bonchev–Trinajstić information content (AvgIpc) is 2.59. The summed E-state index contributed by atoms with van der Waals surface area (Å²) in [7, 11) is -3.49. The summed E-state index contributed by atoms with van der Waals surface area (Å²) in [6.07, 6.45) is -1.30. The topological polar surface area (TPSA) is 63.2 Å². The molecule has 1 aromatic carbocycles. The molecule has 142 valence electrons. The van der Waals surface area contributed by atoms with Gasteiger partial charge in [0.2, 0.25) is 5.91 Å². The van der Waals surface area contributed by atoms with Crippen molar-refractivity contribution in [3.8, 4) is 0 Å². The van der Waals surface area contributed by atoms with Crippen molar-refractivity contribution in [1.29, 1.82) is 0 Å². The van der Waals surface area contributed by atoms with E-state index in [4.69, 9.17) is 0 Å². The van der Waals surface area contributed by atoms with Gasteiger partial charge in [0.25, 0.3) is 0 Å². The number of halogens is 4. The highest BCUT2D eigenvalue weighted by Crippen LogP contribution is 2.34. The van der Waals surface area contributed by atoms with Gasteiger partial charge in [-0.05, 0) is 30.2 Å². The summed E-state index contributed by atoms with van der Waals surface area (Å²) in [4.78, 5) is 12.3. The van der Waals surface area contributed by atoms with Crippen LogP contribution in [0.15, 0.2) is 51.4 Å². The van der Waals surface area contributed by atoms with Crippen molar-refractivity contribution in [2.24, 2.45) is 5.92 Å². The number of hydrogen-bond donors (Lipinski definition) is 1. The highest BCUT2D eigenvalue weighted by molar-refractivity contribution is 9.10. The predicted molar refractivity (Wildman–Crippen MR) is 95.1 cm³/mol. The molecule has 1 amide bonds. The minimum absolute atomic E-state index is 0.00437. The molecule has 1 atom stereocenters. The van der Waals surface area contributed by atoms with Crippen molar-refractivity contribution in [3.63, 3.8) is 0 Å². The van der Waals surface area contributed by atoms with Gasteiger partial charge in [-0.2, -0.15) is 13.2 Å². The number of rotatable bonds is 5. The maximum Gasteiger partial charge on any atom is 0.395 e. The average molecular weight is 452 g/mol. The Kier molecular flexibility index (Phi) is 6.33. The third-order valence-corrected chi connectivity index (χ3v) is 6.29. The minimum Gasteiger partial charge on any atom is -0.348 e. The summed E-state index contributed by atoms with van der Waals surface area (Å²) in [5.74, 6) is -2.45. The molecule has 0 spiro atoms. The van der Waals surface area contributed by atoms with Crippen molar-refractivity contribution < 1.29 is 26.4 Å². The molecule has 0 saturated carbocycles. The SMILES string of the molecule is CCS(=O)(=O)c1ccc(Br)cc1CNC(=O)C1=CC=CC(C(F)(F)F)C1. The largest absolute Gasteiger partial charge is 0.395 e. The number of amides is 1. The van der Waals surface area contributed by atoms with E-state index < -0.39 is 34.3 Å². The molecule has 0 heterocycles. The zero-order valence-electron chi connectivity index (χ0n) is 13.8. The molecule has 1 aromatic rings. The van der Waals surface area contributed by atoms with Gasteiger partial charge < -0.3 is 5.32 Å². The number of benzene rings is 1. The van der Waals surface area contributed by atoms with Crippen LogP contribution in [0.3, 0.4) is 0 Å². The number of carbonyl (C=O) groups excluding carboxylic acids is 1. The molecular formula is C17H17BrF3NO3S. The Morgan fingerprint density at radius 2 is 2.04 bits per heavy atom. The van der Waals surface area contributed by atoms with Crippen LogP contribution in [0, 0.1) is 5.92 Å². The van der Waals surface area contributed by atoms with Crippen LogP contribution in [0.4, 0.5) is 13.2 Å². The zero-order valence-corrected chi connectivity index (χ0v) is 16.2. The van der Waals surface area contributed by atoms with Crippen LogP contribution in [0.1, 0.15) is 18.9 Å². The van der Waals surface area contributed by atoms with Gasteiger partial charge >= 0.3 is 6.18 Å². The van der Waals surface area contributed by atoms with Crippen LogP contribution in [0.25, 0.3) is 0 Å². The molecule has 1 unspecified atom stereocenters. The fraction of sp³-hybridized carbons (Fsp3) is 0.353. The first-order valence-electron chi connectivity index (χ1n) is 7.78. The summed E-state index contributed by atoms with van der Waals surface area (Å²) in [6, 6.07) is 4.58. The standard InChI is InChI=1S/C17H17BrF3NO3S/c1-2-26(24,25)15-7-6-14(18)9-12(15)10-22-16(23)11-4-3-5-13(8-11)17(19,20)21/h3-7,9,13H,2,8,10H2,1H3,(H,22,23). The molecule has 0 aliphatic heterocycles. The van der Waals surface area contributed by atoms with Crippen LogP contribution in [0.5, 0.6) is 0 Å². The molecule has 0 bridgehead atoms. The van der Waals surface area contributed by atoms with E-state index in [0.717, 1.165) is 6.08 Å². The van der Waals surface area contributed by atoms with E-state index >= 15 is 0 Å². The fourth-order valence-corrected chi connectivity index (χ4v) is 4.03. The second-order valence-electron chi connectivity index (χ2n) is 5.77. The molecule has 1 aliphatic rings. The molecular weight excluding hydrogens is 435 g/mol. The summed E-state index contributed by atoms with van der Waals surface area (Å²) in [6.45, 7) is 1.40. The van der Waals surface area contributed by atoms with E-state index in [9.17, 15) is 26.4 Å². The number of hydrogen-bond acceptors (Lipinski definition) is 3. The van der Waals surface area contributed by atoms with E-state index in [1.165, 1.54) is 25.1 Å². The van der Waals surface area contributed by atoms with E-state index in [1.54, 1.807) is 12.1 Å². The Labute approximate surface area is 158 Å². The van der Waals surface area contributed by atoms with Crippen molar-refractivity contribution >= 4 is 31.7 Å². The quantitative estimate of drug-likeness (QED) is 0.737. The molecule has 2 rings (SSSR count). The first-order chi connectivity index (χ1) is 12.0. The van der Waals surface area contributed by atoms with Crippen LogP contribution >= 0.6 is 15.9 Å². The lowest BCUT2D eigenvalue weighted by Gasteiger charge is -2.21. The fourth-order valence-electron chi connectivity index (χ4n) is 2.51. The minimum atomic E-state index is -4.41. The summed E-state index contributed by atoms with van der Waals surface area (Å²) >= 11 is 3.25. The molecule has 0 aromatic heterocycles. The van der Waals surface area contributed by atoms with Gasteiger partial charge in [-0.1, -0.05) is 41.1 Å². The Morgan fingerprint density at radius 1 is 1.35 bits per heavy atom. The van der Waals surface area contributed by atoms with Gasteiger partial charge in [-0.3, -0.25) is 4.79 Å². The smallest absolute Gasteiger partial charge is 0.348 e. The summed E-state index contributed by atoms with van der Waals surface area (Å²) in [5.41, 5.74) is 0.374. The first kappa shape index (κ1) is 20.7. The monoisotopic (exact) mass is 451 g/mol. The maximum absolute atomic E-state index is 12.8. The first-order valence-corrected chi connectivity index (χ1v) is 10.2.